The maximum Gasteiger partial charge on any atom is 1.00 e. The number of unbranched alkanes of at least 4 members (excludes halogenated alkanes) is 1. The Labute approximate surface area is 199 Å². The minimum atomic E-state index is -4.50. The van der Waals surface area contributed by atoms with E-state index in [1.807, 2.05) is 20.8 Å². The fourth-order valence-corrected chi connectivity index (χ4v) is 2.09. The van der Waals surface area contributed by atoms with Gasteiger partial charge in [-0.25, -0.2) is 8.42 Å². The van der Waals surface area contributed by atoms with Crippen LogP contribution in [0, 0.1) is 5.92 Å². The molecule has 1 unspecified atom stereocenters. The van der Waals surface area contributed by atoms with Crippen molar-refractivity contribution >= 4 is 10.4 Å². The third kappa shape index (κ3) is 43.4. The summed E-state index contributed by atoms with van der Waals surface area (Å²) in [5, 5.41) is 16.5. The Kier molecular flexibility index (Phi) is 39.4. The number of hydrogen-bond acceptors (Lipinski definition) is 9. The van der Waals surface area contributed by atoms with Crippen molar-refractivity contribution in [3.8, 4) is 0 Å². The van der Waals surface area contributed by atoms with E-state index in [9.17, 15) is 13.0 Å². The van der Waals surface area contributed by atoms with Crippen LogP contribution in [0.2, 0.25) is 0 Å². The molecule has 0 spiro atoms. The van der Waals surface area contributed by atoms with Crippen LogP contribution in [0.15, 0.2) is 0 Å². The molecule has 11 heteroatoms. The van der Waals surface area contributed by atoms with Gasteiger partial charge in [0.05, 0.1) is 46.2 Å². The van der Waals surface area contributed by atoms with E-state index in [1.54, 1.807) is 0 Å². The second-order valence-electron chi connectivity index (χ2n) is 5.56. The fourth-order valence-electron chi connectivity index (χ4n) is 1.73. The van der Waals surface area contributed by atoms with Crippen LogP contribution in [-0.2, 0) is 28.8 Å². The van der Waals surface area contributed by atoms with Crippen molar-refractivity contribution in [1.29, 1.82) is 0 Å². The van der Waals surface area contributed by atoms with Gasteiger partial charge in [-0.2, -0.15) is 0 Å². The Morgan fingerprint density at radius 1 is 0.862 bits per heavy atom. The van der Waals surface area contributed by atoms with E-state index in [-0.39, 0.29) is 55.3 Å². The van der Waals surface area contributed by atoms with Crippen LogP contribution in [0.25, 0.3) is 0 Å². The maximum atomic E-state index is 10.1. The van der Waals surface area contributed by atoms with Gasteiger partial charge < -0.3 is 29.0 Å². The van der Waals surface area contributed by atoms with Crippen molar-refractivity contribution in [2.45, 2.75) is 53.4 Å². The summed E-state index contributed by atoms with van der Waals surface area (Å²) < 4.78 is 49.2. The molecule has 0 rings (SSSR count). The molecule has 0 aromatic carbocycles. The Hall–Kier alpha value is 0.670. The fraction of sp³-hybridized carbons (Fsp3) is 1.00. The summed E-state index contributed by atoms with van der Waals surface area (Å²) in [6.07, 6.45) is 3.87. The first-order valence-electron chi connectivity index (χ1n) is 9.87. The van der Waals surface area contributed by atoms with Gasteiger partial charge in [-0.15, -0.1) is 0 Å². The quantitative estimate of drug-likeness (QED) is 0.126. The molecule has 2 N–H and O–H groups in total. The van der Waals surface area contributed by atoms with Crippen LogP contribution in [-0.4, -0.2) is 82.6 Å². The van der Waals surface area contributed by atoms with Crippen molar-refractivity contribution in [1.82, 2.24) is 0 Å². The average molecular weight is 457 g/mol. The van der Waals surface area contributed by atoms with Gasteiger partial charge in [0, 0.05) is 13.2 Å². The maximum absolute atomic E-state index is 10.1. The molecule has 0 saturated heterocycles. The Morgan fingerprint density at radius 2 is 1.34 bits per heavy atom. The van der Waals surface area contributed by atoms with E-state index in [0.29, 0.717) is 26.4 Å². The van der Waals surface area contributed by atoms with Crippen molar-refractivity contribution in [3.05, 3.63) is 0 Å². The molecule has 0 aliphatic heterocycles. The summed E-state index contributed by atoms with van der Waals surface area (Å²) in [7, 11) is -4.50. The molecule has 0 radical (unpaired) electrons. The van der Waals surface area contributed by atoms with Gasteiger partial charge in [0.1, 0.15) is 0 Å². The molecule has 0 saturated carbocycles. The van der Waals surface area contributed by atoms with E-state index < -0.39 is 10.4 Å². The molecule has 0 heterocycles. The number of rotatable bonds is 16. The van der Waals surface area contributed by atoms with Crippen LogP contribution < -0.4 is 29.6 Å². The molecule has 0 aromatic heterocycles. The topological polar surface area (TPSA) is 135 Å². The first kappa shape index (κ1) is 37.0. The van der Waals surface area contributed by atoms with Gasteiger partial charge in [0.15, 0.2) is 0 Å². The molecule has 29 heavy (non-hydrogen) atoms. The van der Waals surface area contributed by atoms with Crippen molar-refractivity contribution in [3.63, 3.8) is 0 Å². The SMILES string of the molecule is CCCCC(CC)COS(=O)(=O)[O-].CCOCC.OCCOCCOCCO.[Na+]. The summed E-state index contributed by atoms with van der Waals surface area (Å²) in [6, 6.07) is 0. The second-order valence-corrected chi connectivity index (χ2v) is 6.61. The Morgan fingerprint density at radius 3 is 1.62 bits per heavy atom. The monoisotopic (exact) mass is 456 g/mol. The van der Waals surface area contributed by atoms with E-state index in [4.69, 9.17) is 24.4 Å². The summed E-state index contributed by atoms with van der Waals surface area (Å²) in [5.74, 6) is 0.184. The number of aliphatic hydroxyl groups is 2. The standard InChI is InChI=1S/C8H18O4S.C6H14O4.C4H10O.Na/c1-3-5-6-8(4-2)7-12-13(9,10)11;7-1-3-9-5-6-10-4-2-8;1-3-5-4-2;/h8H,3-7H2,1-2H3,(H,9,10,11);7-8H,1-6H2;3-4H2,1-2H3;/q;;;+1/p-1. The molecule has 9 nitrogen and oxygen atoms in total. The third-order valence-electron chi connectivity index (χ3n) is 3.24. The first-order valence-corrected chi connectivity index (χ1v) is 11.2. The second kappa shape index (κ2) is 30.9. The van der Waals surface area contributed by atoms with Gasteiger partial charge in [0.25, 0.3) is 0 Å². The molecule has 0 amide bonds. The Balaban J connectivity index is -0.000000174. The van der Waals surface area contributed by atoms with Crippen molar-refractivity contribution in [2.75, 3.05) is 59.5 Å². The Bertz CT molecular complexity index is 360. The van der Waals surface area contributed by atoms with Crippen molar-refractivity contribution in [2.24, 2.45) is 5.92 Å². The molecule has 0 fully saturated rings. The largest absolute Gasteiger partial charge is 1.00 e. The summed E-state index contributed by atoms with van der Waals surface area (Å²) >= 11 is 0. The zero-order chi connectivity index (χ0) is 22.1. The smallest absolute Gasteiger partial charge is 0.726 e. The number of hydrogen-bond donors (Lipinski definition) is 2. The van der Waals surface area contributed by atoms with E-state index in [0.717, 1.165) is 38.9 Å². The first-order chi connectivity index (χ1) is 13.3. The normalized spacial score (nSPS) is 11.4. The summed E-state index contributed by atoms with van der Waals surface area (Å²) in [4.78, 5) is 0. The minimum Gasteiger partial charge on any atom is -0.726 e. The molecule has 174 valence electrons. The van der Waals surface area contributed by atoms with Gasteiger partial charge in [-0.1, -0.05) is 33.1 Å². The van der Waals surface area contributed by atoms with Gasteiger partial charge in [0.2, 0.25) is 10.4 Å². The summed E-state index contributed by atoms with van der Waals surface area (Å²) in [5.41, 5.74) is 0. The van der Waals surface area contributed by atoms with Gasteiger partial charge >= 0.3 is 29.6 Å². The van der Waals surface area contributed by atoms with Gasteiger partial charge in [-0.3, -0.25) is 4.18 Å². The molecule has 0 aliphatic carbocycles. The van der Waals surface area contributed by atoms with E-state index >= 15 is 0 Å². The third-order valence-corrected chi connectivity index (χ3v) is 3.67. The van der Waals surface area contributed by atoms with Crippen LogP contribution in [0.3, 0.4) is 0 Å². The molecule has 0 bridgehead atoms. The predicted molar refractivity (Wildman–Crippen MR) is 107 cm³/mol. The number of ether oxygens (including phenoxy) is 3. The van der Waals surface area contributed by atoms with E-state index in [2.05, 4.69) is 11.1 Å². The van der Waals surface area contributed by atoms with Crippen LogP contribution in [0.5, 0.6) is 0 Å². The summed E-state index contributed by atoms with van der Waals surface area (Å²) in [6.45, 7) is 11.5. The van der Waals surface area contributed by atoms with Gasteiger partial charge in [-0.05, 0) is 26.2 Å². The van der Waals surface area contributed by atoms with Crippen LogP contribution in [0.1, 0.15) is 53.4 Å². The molecule has 1 atom stereocenters. The van der Waals surface area contributed by atoms with Crippen LogP contribution in [0.4, 0.5) is 0 Å². The molecule has 0 aromatic rings. The minimum absolute atomic E-state index is 0. The van der Waals surface area contributed by atoms with E-state index in [1.165, 1.54) is 0 Å². The van der Waals surface area contributed by atoms with Crippen molar-refractivity contribution < 1.29 is 71.1 Å². The predicted octanol–water partition coefficient (Wildman–Crippen LogP) is -1.27. The van der Waals surface area contributed by atoms with Crippen LogP contribution >= 0.6 is 0 Å². The number of aliphatic hydroxyl groups excluding tert-OH is 2. The average Bonchev–Trinajstić information content (AvgIpc) is 2.66. The molecular weight excluding hydrogens is 415 g/mol. The molecule has 0 aliphatic rings. The molecular formula is C18H41NaO9S. The zero-order valence-electron chi connectivity index (χ0n) is 18.9. The zero-order valence-corrected chi connectivity index (χ0v) is 21.7.